The molecule has 0 bridgehead atoms. The van der Waals surface area contributed by atoms with Crippen LogP contribution < -0.4 is 14.4 Å². The first-order valence-corrected chi connectivity index (χ1v) is 9.84. The SMILES string of the molecule is CCCCCOc1ccccc1N(C)c1nc(OC(C)CC)ncc1C(F)(F)F. The highest BCUT2D eigenvalue weighted by Crippen LogP contribution is 2.40. The predicted octanol–water partition coefficient (Wildman–Crippen LogP) is 6.01. The molecule has 1 heterocycles. The van der Waals surface area contributed by atoms with Gasteiger partial charge < -0.3 is 14.4 Å². The van der Waals surface area contributed by atoms with E-state index in [0.717, 1.165) is 25.5 Å². The molecule has 1 aromatic carbocycles. The van der Waals surface area contributed by atoms with Crippen LogP contribution in [0.3, 0.4) is 0 Å². The number of nitrogens with zero attached hydrogens (tertiary/aromatic N) is 3. The smallest absolute Gasteiger partial charge is 0.421 e. The lowest BCUT2D eigenvalue weighted by molar-refractivity contribution is -0.137. The Balaban J connectivity index is 2.40. The van der Waals surface area contributed by atoms with Gasteiger partial charge in [0.2, 0.25) is 0 Å². The van der Waals surface area contributed by atoms with Gasteiger partial charge in [-0.25, -0.2) is 4.98 Å². The first-order chi connectivity index (χ1) is 13.8. The largest absolute Gasteiger partial charge is 0.491 e. The Morgan fingerprint density at radius 2 is 1.86 bits per heavy atom. The molecule has 2 aromatic rings. The van der Waals surface area contributed by atoms with Gasteiger partial charge in [0.15, 0.2) is 5.82 Å². The van der Waals surface area contributed by atoms with Crippen molar-refractivity contribution in [2.75, 3.05) is 18.6 Å². The zero-order valence-electron chi connectivity index (χ0n) is 17.3. The number of benzene rings is 1. The Morgan fingerprint density at radius 1 is 1.14 bits per heavy atom. The Kier molecular flexibility index (Phi) is 8.10. The highest BCUT2D eigenvalue weighted by molar-refractivity contribution is 5.68. The fraction of sp³-hybridized carbons (Fsp3) is 0.524. The molecule has 0 aliphatic rings. The Hall–Kier alpha value is -2.51. The number of halogens is 3. The van der Waals surface area contributed by atoms with Crippen LogP contribution in [-0.4, -0.2) is 29.7 Å². The maximum Gasteiger partial charge on any atom is 0.421 e. The Labute approximate surface area is 169 Å². The minimum Gasteiger partial charge on any atom is -0.491 e. The van der Waals surface area contributed by atoms with Crippen LogP contribution in [0.1, 0.15) is 52.0 Å². The number of hydrogen-bond acceptors (Lipinski definition) is 5. The summed E-state index contributed by atoms with van der Waals surface area (Å²) in [5, 5.41) is 0. The van der Waals surface area contributed by atoms with Gasteiger partial charge in [-0.2, -0.15) is 18.2 Å². The molecule has 0 fully saturated rings. The average Bonchev–Trinajstić information content (AvgIpc) is 2.70. The van der Waals surface area contributed by atoms with Crippen molar-refractivity contribution in [3.63, 3.8) is 0 Å². The lowest BCUT2D eigenvalue weighted by Crippen LogP contribution is -2.21. The molecule has 1 unspecified atom stereocenters. The quantitative estimate of drug-likeness (QED) is 0.448. The van der Waals surface area contributed by atoms with Crippen LogP contribution in [0.15, 0.2) is 30.5 Å². The van der Waals surface area contributed by atoms with Crippen LogP contribution in [0.5, 0.6) is 11.8 Å². The van der Waals surface area contributed by atoms with Gasteiger partial charge in [-0.15, -0.1) is 0 Å². The third-order valence-corrected chi connectivity index (χ3v) is 4.48. The van der Waals surface area contributed by atoms with Crippen molar-refractivity contribution in [2.24, 2.45) is 0 Å². The molecule has 1 atom stereocenters. The van der Waals surface area contributed by atoms with Crippen LogP contribution in [0, 0.1) is 0 Å². The van der Waals surface area contributed by atoms with Crippen molar-refractivity contribution in [2.45, 2.75) is 58.7 Å². The van der Waals surface area contributed by atoms with Crippen molar-refractivity contribution in [3.8, 4) is 11.8 Å². The summed E-state index contributed by atoms with van der Waals surface area (Å²) in [5.74, 6) is 0.220. The second-order valence-corrected chi connectivity index (χ2v) is 6.81. The summed E-state index contributed by atoms with van der Waals surface area (Å²) in [6, 6.07) is 6.88. The summed E-state index contributed by atoms with van der Waals surface area (Å²) in [5.41, 5.74) is -0.444. The molecule has 5 nitrogen and oxygen atoms in total. The van der Waals surface area contributed by atoms with Crippen LogP contribution in [0.25, 0.3) is 0 Å². The van der Waals surface area contributed by atoms with Crippen molar-refractivity contribution in [1.29, 1.82) is 0 Å². The van der Waals surface area contributed by atoms with Crippen LogP contribution in [0.2, 0.25) is 0 Å². The number of ether oxygens (including phenoxy) is 2. The van der Waals surface area contributed by atoms with Crippen molar-refractivity contribution < 1.29 is 22.6 Å². The molecule has 2 rings (SSSR count). The van der Waals surface area contributed by atoms with Crippen molar-refractivity contribution in [3.05, 3.63) is 36.0 Å². The van der Waals surface area contributed by atoms with E-state index in [1.54, 1.807) is 24.3 Å². The molecule has 0 aliphatic heterocycles. The zero-order chi connectivity index (χ0) is 21.4. The fourth-order valence-corrected chi connectivity index (χ4v) is 2.64. The van der Waals surface area contributed by atoms with Gasteiger partial charge >= 0.3 is 12.2 Å². The normalized spacial score (nSPS) is 12.5. The molecule has 0 spiro atoms. The van der Waals surface area contributed by atoms with E-state index in [1.807, 2.05) is 13.8 Å². The van der Waals surface area contributed by atoms with Crippen LogP contribution in [0.4, 0.5) is 24.7 Å². The van der Waals surface area contributed by atoms with E-state index in [-0.39, 0.29) is 17.9 Å². The summed E-state index contributed by atoms with van der Waals surface area (Å²) in [4.78, 5) is 9.19. The number of alkyl halides is 3. The van der Waals surface area contributed by atoms with Crippen molar-refractivity contribution >= 4 is 11.5 Å². The first-order valence-electron chi connectivity index (χ1n) is 9.84. The topological polar surface area (TPSA) is 47.5 Å². The lowest BCUT2D eigenvalue weighted by Gasteiger charge is -2.25. The number of aromatic nitrogens is 2. The van der Waals surface area contributed by atoms with Crippen LogP contribution >= 0.6 is 0 Å². The molecular formula is C21H28F3N3O2. The number of anilines is 2. The highest BCUT2D eigenvalue weighted by atomic mass is 19.4. The average molecular weight is 411 g/mol. The fourth-order valence-electron chi connectivity index (χ4n) is 2.64. The second-order valence-electron chi connectivity index (χ2n) is 6.81. The molecule has 1 aromatic heterocycles. The summed E-state index contributed by atoms with van der Waals surface area (Å²) >= 11 is 0. The monoisotopic (exact) mass is 411 g/mol. The predicted molar refractivity (Wildman–Crippen MR) is 107 cm³/mol. The number of unbranched alkanes of at least 4 members (excludes halogenated alkanes) is 2. The van der Waals surface area contributed by atoms with Gasteiger partial charge in [-0.3, -0.25) is 0 Å². The molecule has 29 heavy (non-hydrogen) atoms. The van der Waals surface area contributed by atoms with E-state index in [4.69, 9.17) is 9.47 Å². The van der Waals surface area contributed by atoms with Gasteiger partial charge in [-0.1, -0.05) is 38.8 Å². The first kappa shape index (κ1) is 22.8. The summed E-state index contributed by atoms with van der Waals surface area (Å²) in [6.45, 7) is 6.31. The number of hydrogen-bond donors (Lipinski definition) is 0. The van der Waals surface area contributed by atoms with E-state index >= 15 is 0 Å². The van der Waals surface area contributed by atoms with E-state index < -0.39 is 11.7 Å². The summed E-state index contributed by atoms with van der Waals surface area (Å²) in [7, 11) is 1.53. The molecule has 0 saturated heterocycles. The second kappa shape index (κ2) is 10.3. The number of para-hydroxylation sites is 2. The van der Waals surface area contributed by atoms with Crippen LogP contribution in [-0.2, 0) is 6.18 Å². The maximum absolute atomic E-state index is 13.6. The zero-order valence-corrected chi connectivity index (χ0v) is 17.3. The van der Waals surface area contributed by atoms with E-state index in [2.05, 4.69) is 16.9 Å². The number of rotatable bonds is 10. The Bertz CT molecular complexity index is 784. The minimum atomic E-state index is -4.60. The van der Waals surface area contributed by atoms with Gasteiger partial charge in [0.1, 0.15) is 11.3 Å². The molecule has 0 aliphatic carbocycles. The lowest BCUT2D eigenvalue weighted by atomic mass is 10.2. The molecular weight excluding hydrogens is 383 g/mol. The van der Waals surface area contributed by atoms with Gasteiger partial charge in [0.05, 0.1) is 18.4 Å². The highest BCUT2D eigenvalue weighted by Gasteiger charge is 2.37. The molecule has 160 valence electrons. The van der Waals surface area contributed by atoms with E-state index in [1.165, 1.54) is 11.9 Å². The van der Waals surface area contributed by atoms with Crippen molar-refractivity contribution in [1.82, 2.24) is 9.97 Å². The Morgan fingerprint density at radius 3 is 2.52 bits per heavy atom. The molecule has 0 N–H and O–H groups in total. The standard InChI is InChI=1S/C21H28F3N3O2/c1-5-7-10-13-28-18-12-9-8-11-17(18)27(4)19-16(21(22,23)24)14-25-20(26-19)29-15(3)6-2/h8-9,11-12,14-15H,5-7,10,13H2,1-4H3. The van der Waals surface area contributed by atoms with Gasteiger partial charge in [0, 0.05) is 13.2 Å². The van der Waals surface area contributed by atoms with Gasteiger partial charge in [-0.05, 0) is 31.9 Å². The van der Waals surface area contributed by atoms with E-state index in [9.17, 15) is 13.2 Å². The molecule has 0 amide bonds. The summed E-state index contributed by atoms with van der Waals surface area (Å²) in [6.07, 6.45) is -0.402. The minimum absolute atomic E-state index is 0.0875. The maximum atomic E-state index is 13.6. The van der Waals surface area contributed by atoms with E-state index in [0.29, 0.717) is 24.5 Å². The third kappa shape index (κ3) is 6.24. The molecule has 8 heteroatoms. The summed E-state index contributed by atoms with van der Waals surface area (Å²) < 4.78 is 52.1. The van der Waals surface area contributed by atoms with Gasteiger partial charge in [0.25, 0.3) is 0 Å². The molecule has 0 saturated carbocycles. The third-order valence-electron chi connectivity index (χ3n) is 4.48. The molecule has 0 radical (unpaired) electrons.